The molecule has 0 aliphatic carbocycles. The molecule has 0 spiro atoms. The Morgan fingerprint density at radius 2 is 1.95 bits per heavy atom. The summed E-state index contributed by atoms with van der Waals surface area (Å²) in [6.45, 7) is 0. The highest BCUT2D eigenvalue weighted by Crippen LogP contribution is 2.27. The number of rotatable bonds is 3. The first-order valence-electron chi connectivity index (χ1n) is 5.54. The first kappa shape index (κ1) is 15.1. The summed E-state index contributed by atoms with van der Waals surface area (Å²) < 4.78 is 39.2. The van der Waals surface area contributed by atoms with Crippen LogP contribution in [0.2, 0.25) is 5.02 Å². The van der Waals surface area contributed by atoms with Gasteiger partial charge in [-0.3, -0.25) is 4.72 Å². The molecule has 0 amide bonds. The van der Waals surface area contributed by atoms with Gasteiger partial charge >= 0.3 is 0 Å². The molecule has 0 heterocycles. The number of hydrogen-bond acceptors (Lipinski definition) is 4. The summed E-state index contributed by atoms with van der Waals surface area (Å²) in [5.74, 6) is -1.24. The van der Waals surface area contributed by atoms with E-state index in [-0.39, 0.29) is 21.2 Å². The average molecular weight is 327 g/mol. The number of nitriles is 1. The Labute approximate surface area is 125 Å². The number of nitrogens with zero attached hydrogens (tertiary/aromatic N) is 1. The first-order chi connectivity index (χ1) is 9.83. The molecule has 108 valence electrons. The van der Waals surface area contributed by atoms with E-state index in [0.29, 0.717) is 0 Å². The molecule has 8 heteroatoms. The number of phenols is 1. The van der Waals surface area contributed by atoms with Crippen molar-refractivity contribution < 1.29 is 17.9 Å². The molecule has 5 nitrogen and oxygen atoms in total. The van der Waals surface area contributed by atoms with Gasteiger partial charge in [-0.05, 0) is 30.3 Å². The van der Waals surface area contributed by atoms with Crippen molar-refractivity contribution in [1.82, 2.24) is 0 Å². The molecule has 0 aliphatic heterocycles. The third-order valence-electron chi connectivity index (χ3n) is 2.58. The standard InChI is InChI=1S/C13H8ClFN2O3S/c14-11-6-10(3-1-8(11)7-16)21(19,20)17-12-4-2-9(15)5-13(12)18/h1-6,17-18H. The Morgan fingerprint density at radius 1 is 1.24 bits per heavy atom. The maximum absolute atomic E-state index is 12.9. The van der Waals surface area contributed by atoms with Gasteiger partial charge in [0.15, 0.2) is 0 Å². The normalized spacial score (nSPS) is 10.9. The van der Waals surface area contributed by atoms with Gasteiger partial charge in [-0.1, -0.05) is 11.6 Å². The molecule has 0 bridgehead atoms. The maximum atomic E-state index is 12.9. The van der Waals surface area contributed by atoms with Crippen molar-refractivity contribution >= 4 is 27.3 Å². The van der Waals surface area contributed by atoms with E-state index in [2.05, 4.69) is 4.72 Å². The minimum atomic E-state index is -4.02. The number of benzene rings is 2. The Kier molecular flexibility index (Phi) is 4.02. The zero-order valence-electron chi connectivity index (χ0n) is 10.3. The Morgan fingerprint density at radius 3 is 2.52 bits per heavy atom. The van der Waals surface area contributed by atoms with Gasteiger partial charge in [-0.2, -0.15) is 5.26 Å². The highest BCUT2D eigenvalue weighted by molar-refractivity contribution is 7.92. The van der Waals surface area contributed by atoms with Crippen LogP contribution in [0.25, 0.3) is 0 Å². The number of nitrogens with one attached hydrogen (secondary N) is 1. The van der Waals surface area contributed by atoms with Gasteiger partial charge in [0, 0.05) is 6.07 Å². The predicted octanol–water partition coefficient (Wildman–Crippen LogP) is 2.86. The number of sulfonamides is 1. The van der Waals surface area contributed by atoms with Crippen LogP contribution in [-0.2, 0) is 10.0 Å². The summed E-state index contributed by atoms with van der Waals surface area (Å²) >= 11 is 5.78. The molecule has 0 aliphatic rings. The summed E-state index contributed by atoms with van der Waals surface area (Å²) in [6, 6.07) is 8.27. The maximum Gasteiger partial charge on any atom is 0.262 e. The van der Waals surface area contributed by atoms with Crippen molar-refractivity contribution in [2.24, 2.45) is 0 Å². The molecular weight excluding hydrogens is 319 g/mol. The molecule has 0 atom stereocenters. The molecule has 0 saturated carbocycles. The SMILES string of the molecule is N#Cc1ccc(S(=O)(=O)Nc2ccc(F)cc2O)cc1Cl. The van der Waals surface area contributed by atoms with Crippen molar-refractivity contribution in [3.05, 3.63) is 52.8 Å². The first-order valence-corrected chi connectivity index (χ1v) is 7.40. The molecule has 21 heavy (non-hydrogen) atoms. The Balaban J connectivity index is 2.39. The van der Waals surface area contributed by atoms with Crippen LogP contribution < -0.4 is 4.72 Å². The summed E-state index contributed by atoms with van der Waals surface area (Å²) in [5, 5.41) is 18.2. The minimum absolute atomic E-state index is 0.0105. The molecule has 2 rings (SSSR count). The Bertz CT molecular complexity index is 847. The summed E-state index contributed by atoms with van der Waals surface area (Å²) in [4.78, 5) is -0.185. The molecule has 0 saturated heterocycles. The third-order valence-corrected chi connectivity index (χ3v) is 4.25. The van der Waals surface area contributed by atoms with E-state index < -0.39 is 21.6 Å². The summed E-state index contributed by atoms with van der Waals surface area (Å²) in [5.41, 5.74) is -0.0304. The lowest BCUT2D eigenvalue weighted by Gasteiger charge is -2.10. The second kappa shape index (κ2) is 5.60. The zero-order chi connectivity index (χ0) is 15.6. The monoisotopic (exact) mass is 326 g/mol. The molecule has 2 N–H and O–H groups in total. The van der Waals surface area contributed by atoms with Gasteiger partial charge in [0.25, 0.3) is 10.0 Å². The lowest BCUT2D eigenvalue weighted by Crippen LogP contribution is -2.13. The summed E-state index contributed by atoms with van der Waals surface area (Å²) in [7, 11) is -4.02. The largest absolute Gasteiger partial charge is 0.506 e. The quantitative estimate of drug-likeness (QED) is 0.849. The topological polar surface area (TPSA) is 90.2 Å². The number of anilines is 1. The van der Waals surface area contributed by atoms with E-state index in [1.807, 2.05) is 6.07 Å². The van der Waals surface area contributed by atoms with Crippen molar-refractivity contribution in [2.45, 2.75) is 4.90 Å². The summed E-state index contributed by atoms with van der Waals surface area (Å²) in [6.07, 6.45) is 0. The van der Waals surface area contributed by atoms with Crippen LogP contribution in [0, 0.1) is 17.1 Å². The van der Waals surface area contributed by atoms with Crippen LogP contribution in [0.3, 0.4) is 0 Å². The Hall–Kier alpha value is -2.30. The van der Waals surface area contributed by atoms with Crippen LogP contribution in [0.5, 0.6) is 5.75 Å². The number of halogens is 2. The number of aromatic hydroxyl groups is 1. The van der Waals surface area contributed by atoms with E-state index in [0.717, 1.165) is 24.3 Å². The smallest absolute Gasteiger partial charge is 0.262 e. The van der Waals surface area contributed by atoms with Crippen molar-refractivity contribution in [3.63, 3.8) is 0 Å². The van der Waals surface area contributed by atoms with Gasteiger partial charge in [0.1, 0.15) is 17.6 Å². The van der Waals surface area contributed by atoms with Gasteiger partial charge in [0.05, 0.1) is 21.2 Å². The van der Waals surface area contributed by atoms with Crippen LogP contribution in [0.4, 0.5) is 10.1 Å². The number of hydrogen-bond donors (Lipinski definition) is 2. The molecule has 0 radical (unpaired) electrons. The van der Waals surface area contributed by atoms with Crippen molar-refractivity contribution in [3.8, 4) is 11.8 Å². The van der Waals surface area contributed by atoms with Crippen LogP contribution in [0.1, 0.15) is 5.56 Å². The molecule has 2 aromatic rings. The van der Waals surface area contributed by atoms with Gasteiger partial charge in [-0.15, -0.1) is 0 Å². The van der Waals surface area contributed by atoms with E-state index in [1.165, 1.54) is 12.1 Å². The number of phenolic OH excluding ortho intramolecular Hbond substituents is 1. The second-order valence-corrected chi connectivity index (χ2v) is 6.11. The second-order valence-electron chi connectivity index (χ2n) is 4.02. The van der Waals surface area contributed by atoms with E-state index in [9.17, 15) is 17.9 Å². The highest BCUT2D eigenvalue weighted by Gasteiger charge is 2.17. The van der Waals surface area contributed by atoms with Gasteiger partial charge < -0.3 is 5.11 Å². The lowest BCUT2D eigenvalue weighted by molar-refractivity contribution is 0.471. The van der Waals surface area contributed by atoms with Gasteiger partial charge in [-0.25, -0.2) is 12.8 Å². The minimum Gasteiger partial charge on any atom is -0.506 e. The molecule has 0 unspecified atom stereocenters. The van der Waals surface area contributed by atoms with Crippen LogP contribution in [-0.4, -0.2) is 13.5 Å². The molecule has 2 aromatic carbocycles. The van der Waals surface area contributed by atoms with Crippen LogP contribution in [0.15, 0.2) is 41.3 Å². The molecular formula is C13H8ClFN2O3S. The van der Waals surface area contributed by atoms with E-state index in [1.54, 1.807) is 0 Å². The average Bonchev–Trinajstić information content (AvgIpc) is 2.42. The van der Waals surface area contributed by atoms with Crippen molar-refractivity contribution in [2.75, 3.05) is 4.72 Å². The van der Waals surface area contributed by atoms with Gasteiger partial charge in [0.2, 0.25) is 0 Å². The molecule has 0 fully saturated rings. The zero-order valence-corrected chi connectivity index (χ0v) is 11.9. The predicted molar refractivity (Wildman–Crippen MR) is 75.0 cm³/mol. The third kappa shape index (κ3) is 3.24. The molecule has 0 aromatic heterocycles. The van der Waals surface area contributed by atoms with Crippen molar-refractivity contribution in [1.29, 1.82) is 5.26 Å². The van der Waals surface area contributed by atoms with E-state index >= 15 is 0 Å². The van der Waals surface area contributed by atoms with Crippen LogP contribution >= 0.6 is 11.6 Å². The fraction of sp³-hybridized carbons (Fsp3) is 0. The highest BCUT2D eigenvalue weighted by atomic mass is 35.5. The lowest BCUT2D eigenvalue weighted by atomic mass is 10.2. The van der Waals surface area contributed by atoms with E-state index in [4.69, 9.17) is 16.9 Å². The fourth-order valence-corrected chi connectivity index (χ4v) is 2.94. The fourth-order valence-electron chi connectivity index (χ4n) is 1.55.